The van der Waals surface area contributed by atoms with Gasteiger partial charge in [0, 0.05) is 50.7 Å². The van der Waals surface area contributed by atoms with Crippen LogP contribution < -0.4 is 20.1 Å². The van der Waals surface area contributed by atoms with Crippen molar-refractivity contribution in [2.75, 3.05) is 27.8 Å². The summed E-state index contributed by atoms with van der Waals surface area (Å²) in [6.07, 6.45) is 3.77. The van der Waals surface area contributed by atoms with Gasteiger partial charge in [-0.3, -0.25) is 9.67 Å². The number of benzene rings is 1. The molecule has 0 spiro atoms. The van der Waals surface area contributed by atoms with Gasteiger partial charge in [-0.2, -0.15) is 5.10 Å². The molecule has 1 atom stereocenters. The van der Waals surface area contributed by atoms with Crippen LogP contribution in [0.5, 0.6) is 11.5 Å². The minimum Gasteiger partial charge on any atom is -0.497 e. The molecular formula is C18H27N5O2. The maximum absolute atomic E-state index is 5.42. The molecule has 0 radical (unpaired) electrons. The van der Waals surface area contributed by atoms with Crippen molar-refractivity contribution in [1.29, 1.82) is 0 Å². The predicted molar refractivity (Wildman–Crippen MR) is 99.1 cm³/mol. The molecule has 0 bridgehead atoms. The molecule has 2 rings (SSSR count). The SMILES string of the molecule is CN=C(NCc1ccc(OC)cc1OC)NCC(C)Cn1cccn1. The van der Waals surface area contributed by atoms with Crippen LogP contribution >= 0.6 is 0 Å². The molecule has 0 saturated heterocycles. The van der Waals surface area contributed by atoms with Crippen molar-refractivity contribution in [1.82, 2.24) is 20.4 Å². The van der Waals surface area contributed by atoms with Gasteiger partial charge in [-0.25, -0.2) is 0 Å². The highest BCUT2D eigenvalue weighted by atomic mass is 16.5. The van der Waals surface area contributed by atoms with Crippen LogP contribution in [-0.4, -0.2) is 43.6 Å². The van der Waals surface area contributed by atoms with Crippen molar-refractivity contribution in [2.45, 2.75) is 20.0 Å². The van der Waals surface area contributed by atoms with Crippen molar-refractivity contribution >= 4 is 5.96 Å². The highest BCUT2D eigenvalue weighted by molar-refractivity contribution is 5.79. The molecule has 136 valence electrons. The van der Waals surface area contributed by atoms with Gasteiger partial charge < -0.3 is 20.1 Å². The molecule has 0 aliphatic carbocycles. The van der Waals surface area contributed by atoms with Crippen LogP contribution in [0.4, 0.5) is 0 Å². The number of aromatic nitrogens is 2. The summed E-state index contributed by atoms with van der Waals surface area (Å²) < 4.78 is 12.6. The number of methoxy groups -OCH3 is 2. The van der Waals surface area contributed by atoms with E-state index < -0.39 is 0 Å². The molecule has 2 aromatic rings. The van der Waals surface area contributed by atoms with Crippen LogP contribution in [0.15, 0.2) is 41.7 Å². The van der Waals surface area contributed by atoms with Gasteiger partial charge in [0.15, 0.2) is 5.96 Å². The van der Waals surface area contributed by atoms with E-state index in [9.17, 15) is 0 Å². The van der Waals surface area contributed by atoms with Crippen molar-refractivity contribution < 1.29 is 9.47 Å². The fourth-order valence-electron chi connectivity index (χ4n) is 2.46. The predicted octanol–water partition coefficient (Wildman–Crippen LogP) is 1.90. The van der Waals surface area contributed by atoms with Gasteiger partial charge in [0.1, 0.15) is 11.5 Å². The summed E-state index contributed by atoms with van der Waals surface area (Å²) in [5.41, 5.74) is 1.04. The van der Waals surface area contributed by atoms with Gasteiger partial charge in [-0.15, -0.1) is 0 Å². The Hall–Kier alpha value is -2.70. The fraction of sp³-hybridized carbons (Fsp3) is 0.444. The molecule has 25 heavy (non-hydrogen) atoms. The molecular weight excluding hydrogens is 318 g/mol. The first-order valence-electron chi connectivity index (χ1n) is 8.29. The largest absolute Gasteiger partial charge is 0.497 e. The molecule has 0 saturated carbocycles. The summed E-state index contributed by atoms with van der Waals surface area (Å²) in [5.74, 6) is 2.74. The fourth-order valence-corrected chi connectivity index (χ4v) is 2.46. The summed E-state index contributed by atoms with van der Waals surface area (Å²) in [5, 5.41) is 10.9. The molecule has 1 unspecified atom stereocenters. The molecule has 1 aromatic carbocycles. The van der Waals surface area contributed by atoms with E-state index in [4.69, 9.17) is 9.47 Å². The van der Waals surface area contributed by atoms with Crippen LogP contribution in [0.2, 0.25) is 0 Å². The summed E-state index contributed by atoms with van der Waals surface area (Å²) in [6.45, 7) is 4.46. The van der Waals surface area contributed by atoms with E-state index in [-0.39, 0.29) is 0 Å². The van der Waals surface area contributed by atoms with Crippen LogP contribution in [0, 0.1) is 5.92 Å². The monoisotopic (exact) mass is 345 g/mol. The number of hydrogen-bond donors (Lipinski definition) is 2. The van der Waals surface area contributed by atoms with E-state index in [1.807, 2.05) is 35.1 Å². The smallest absolute Gasteiger partial charge is 0.191 e. The molecule has 7 nitrogen and oxygen atoms in total. The standard InChI is InChI=1S/C18H27N5O2/c1-14(13-23-9-5-8-22-23)11-20-18(19-2)21-12-15-6-7-16(24-3)10-17(15)25-4/h5-10,14H,11-13H2,1-4H3,(H2,19,20,21). The van der Waals surface area contributed by atoms with Crippen LogP contribution in [0.3, 0.4) is 0 Å². The Morgan fingerprint density at radius 3 is 2.76 bits per heavy atom. The normalized spacial score (nSPS) is 12.6. The lowest BCUT2D eigenvalue weighted by atomic mass is 10.2. The van der Waals surface area contributed by atoms with Gasteiger partial charge in [-0.1, -0.05) is 6.92 Å². The highest BCUT2D eigenvalue weighted by Gasteiger charge is 2.08. The van der Waals surface area contributed by atoms with Crippen LogP contribution in [0.1, 0.15) is 12.5 Å². The van der Waals surface area contributed by atoms with Crippen molar-refractivity contribution in [3.8, 4) is 11.5 Å². The van der Waals surface area contributed by atoms with E-state index in [1.165, 1.54) is 0 Å². The Labute approximate surface area is 149 Å². The molecule has 0 amide bonds. The second-order valence-electron chi connectivity index (χ2n) is 5.82. The zero-order chi connectivity index (χ0) is 18.1. The average Bonchev–Trinajstić information content (AvgIpc) is 3.14. The van der Waals surface area contributed by atoms with E-state index in [1.54, 1.807) is 27.5 Å². The molecule has 7 heteroatoms. The third-order valence-electron chi connectivity index (χ3n) is 3.84. The molecule has 1 heterocycles. The lowest BCUT2D eigenvalue weighted by molar-refractivity contribution is 0.390. The number of nitrogens with zero attached hydrogens (tertiary/aromatic N) is 3. The van der Waals surface area contributed by atoms with E-state index in [2.05, 4.69) is 27.6 Å². The molecule has 0 fully saturated rings. The lowest BCUT2D eigenvalue weighted by Crippen LogP contribution is -2.39. The summed E-state index contributed by atoms with van der Waals surface area (Å²) in [4.78, 5) is 4.27. The van der Waals surface area contributed by atoms with E-state index in [0.29, 0.717) is 12.5 Å². The van der Waals surface area contributed by atoms with Gasteiger partial charge in [0.25, 0.3) is 0 Å². The maximum Gasteiger partial charge on any atom is 0.191 e. The number of hydrogen-bond acceptors (Lipinski definition) is 4. The number of aliphatic imine (C=N–C) groups is 1. The maximum atomic E-state index is 5.42. The van der Waals surface area contributed by atoms with E-state index in [0.717, 1.165) is 36.1 Å². The lowest BCUT2D eigenvalue weighted by Gasteiger charge is -2.17. The van der Waals surface area contributed by atoms with Gasteiger partial charge >= 0.3 is 0 Å². The second-order valence-corrected chi connectivity index (χ2v) is 5.82. The average molecular weight is 345 g/mol. The molecule has 0 aliphatic heterocycles. The first-order valence-corrected chi connectivity index (χ1v) is 8.29. The zero-order valence-electron chi connectivity index (χ0n) is 15.3. The molecule has 2 N–H and O–H groups in total. The molecule has 1 aromatic heterocycles. The zero-order valence-corrected chi connectivity index (χ0v) is 15.3. The Morgan fingerprint density at radius 2 is 2.12 bits per heavy atom. The number of rotatable bonds is 8. The number of ether oxygens (including phenoxy) is 2. The van der Waals surface area contributed by atoms with Gasteiger partial charge in [0.05, 0.1) is 14.2 Å². The van der Waals surface area contributed by atoms with Crippen molar-refractivity contribution in [3.05, 3.63) is 42.2 Å². The minimum absolute atomic E-state index is 0.425. The quantitative estimate of drug-likeness (QED) is 0.565. The summed E-state index contributed by atoms with van der Waals surface area (Å²) in [7, 11) is 5.06. The first kappa shape index (κ1) is 18.6. The Morgan fingerprint density at radius 1 is 1.28 bits per heavy atom. The van der Waals surface area contributed by atoms with Crippen molar-refractivity contribution in [3.63, 3.8) is 0 Å². The van der Waals surface area contributed by atoms with Gasteiger partial charge in [0.2, 0.25) is 0 Å². The number of guanidine groups is 1. The van der Waals surface area contributed by atoms with Crippen molar-refractivity contribution in [2.24, 2.45) is 10.9 Å². The molecule has 0 aliphatic rings. The Bertz CT molecular complexity index is 670. The van der Waals surface area contributed by atoms with Crippen LogP contribution in [-0.2, 0) is 13.1 Å². The first-order chi connectivity index (χ1) is 12.2. The minimum atomic E-state index is 0.425. The Balaban J connectivity index is 1.84. The third-order valence-corrected chi connectivity index (χ3v) is 3.84. The van der Waals surface area contributed by atoms with E-state index >= 15 is 0 Å². The topological polar surface area (TPSA) is 72.7 Å². The second kappa shape index (κ2) is 9.56. The van der Waals surface area contributed by atoms with Gasteiger partial charge in [-0.05, 0) is 24.1 Å². The summed E-state index contributed by atoms with van der Waals surface area (Å²) >= 11 is 0. The van der Waals surface area contributed by atoms with Crippen LogP contribution in [0.25, 0.3) is 0 Å². The summed E-state index contributed by atoms with van der Waals surface area (Å²) in [6, 6.07) is 7.71. The third kappa shape index (κ3) is 5.70. The highest BCUT2D eigenvalue weighted by Crippen LogP contribution is 2.24. The number of nitrogens with one attached hydrogen (secondary N) is 2. The Kier molecular flexibility index (Phi) is 7.13.